The van der Waals surface area contributed by atoms with Crippen molar-refractivity contribution in [3.8, 4) is 0 Å². The standard InChI is InChI=1S/C16H22N2O4/c1-21-14(19)16(17)9-7-13(8-10-16)18-15(20)22-11-12-5-3-2-4-6-12/h2-6,13H,7-11,17H2,1H3,(H,18,20). The van der Waals surface area contributed by atoms with Crippen LogP contribution in [0.1, 0.15) is 31.2 Å². The lowest BCUT2D eigenvalue weighted by Crippen LogP contribution is -2.54. The van der Waals surface area contributed by atoms with Gasteiger partial charge in [-0.3, -0.25) is 4.79 Å². The molecule has 0 bridgehead atoms. The van der Waals surface area contributed by atoms with Gasteiger partial charge >= 0.3 is 12.1 Å². The maximum absolute atomic E-state index is 11.8. The molecule has 1 aromatic rings. The van der Waals surface area contributed by atoms with E-state index in [2.05, 4.69) is 5.32 Å². The van der Waals surface area contributed by atoms with Crippen LogP contribution >= 0.6 is 0 Å². The first-order chi connectivity index (χ1) is 10.5. The molecule has 120 valence electrons. The molecule has 6 nitrogen and oxygen atoms in total. The number of carbonyl (C=O) groups excluding carboxylic acids is 2. The van der Waals surface area contributed by atoms with Crippen LogP contribution in [0.15, 0.2) is 30.3 Å². The van der Waals surface area contributed by atoms with Crippen molar-refractivity contribution < 1.29 is 19.1 Å². The Balaban J connectivity index is 1.74. The SMILES string of the molecule is COC(=O)C1(N)CCC(NC(=O)OCc2ccccc2)CC1. The molecule has 1 amide bonds. The number of ether oxygens (including phenoxy) is 2. The number of esters is 1. The lowest BCUT2D eigenvalue weighted by molar-refractivity contribution is -0.148. The first kappa shape index (κ1) is 16.3. The summed E-state index contributed by atoms with van der Waals surface area (Å²) in [6.45, 7) is 0.238. The van der Waals surface area contributed by atoms with Gasteiger partial charge in [-0.2, -0.15) is 0 Å². The molecule has 6 heteroatoms. The van der Waals surface area contributed by atoms with E-state index in [1.54, 1.807) is 0 Å². The molecular weight excluding hydrogens is 284 g/mol. The van der Waals surface area contributed by atoms with Gasteiger partial charge in [-0.1, -0.05) is 30.3 Å². The van der Waals surface area contributed by atoms with Crippen molar-refractivity contribution in [2.45, 2.75) is 43.9 Å². The van der Waals surface area contributed by atoms with Crippen LogP contribution in [0, 0.1) is 0 Å². The Bertz CT molecular complexity index is 510. The zero-order chi connectivity index (χ0) is 16.0. The number of methoxy groups -OCH3 is 1. The molecule has 1 aliphatic rings. The third-order valence-corrected chi connectivity index (χ3v) is 4.00. The van der Waals surface area contributed by atoms with Gasteiger partial charge in [0.05, 0.1) is 7.11 Å². The van der Waals surface area contributed by atoms with Crippen molar-refractivity contribution in [2.24, 2.45) is 5.73 Å². The van der Waals surface area contributed by atoms with E-state index in [4.69, 9.17) is 15.2 Å². The van der Waals surface area contributed by atoms with Crippen molar-refractivity contribution in [1.82, 2.24) is 5.32 Å². The monoisotopic (exact) mass is 306 g/mol. The third-order valence-electron chi connectivity index (χ3n) is 4.00. The van der Waals surface area contributed by atoms with Gasteiger partial charge in [-0.05, 0) is 31.2 Å². The summed E-state index contributed by atoms with van der Waals surface area (Å²) >= 11 is 0. The molecule has 1 fully saturated rings. The largest absolute Gasteiger partial charge is 0.468 e. The van der Waals surface area contributed by atoms with Crippen molar-refractivity contribution in [3.05, 3.63) is 35.9 Å². The highest BCUT2D eigenvalue weighted by Crippen LogP contribution is 2.27. The van der Waals surface area contributed by atoms with Gasteiger partial charge in [-0.15, -0.1) is 0 Å². The number of nitrogens with two attached hydrogens (primary N) is 1. The predicted molar refractivity (Wildman–Crippen MR) is 81.0 cm³/mol. The summed E-state index contributed by atoms with van der Waals surface area (Å²) in [5.41, 5.74) is 6.03. The number of nitrogens with one attached hydrogen (secondary N) is 1. The third kappa shape index (κ3) is 4.21. The van der Waals surface area contributed by atoms with Gasteiger partial charge in [0.1, 0.15) is 12.1 Å². The molecule has 1 aromatic carbocycles. The Kier molecular flexibility index (Phi) is 5.38. The molecule has 3 N–H and O–H groups in total. The zero-order valence-electron chi connectivity index (χ0n) is 12.7. The number of alkyl carbamates (subject to hydrolysis) is 1. The van der Waals surface area contributed by atoms with Crippen molar-refractivity contribution in [3.63, 3.8) is 0 Å². The van der Waals surface area contributed by atoms with Gasteiger partial charge in [0.2, 0.25) is 0 Å². The Morgan fingerprint density at radius 1 is 1.27 bits per heavy atom. The molecular formula is C16H22N2O4. The Hall–Kier alpha value is -2.08. The molecule has 0 saturated heterocycles. The van der Waals surface area contributed by atoms with Gasteiger partial charge in [0.15, 0.2) is 0 Å². The van der Waals surface area contributed by atoms with E-state index in [-0.39, 0.29) is 12.6 Å². The van der Waals surface area contributed by atoms with Crippen LogP contribution in [0.5, 0.6) is 0 Å². The maximum Gasteiger partial charge on any atom is 0.407 e. The molecule has 2 rings (SSSR count). The fourth-order valence-corrected chi connectivity index (χ4v) is 2.62. The Labute approximate surface area is 130 Å². The quantitative estimate of drug-likeness (QED) is 0.827. The number of benzene rings is 1. The minimum atomic E-state index is -0.930. The van der Waals surface area contributed by atoms with E-state index in [0.29, 0.717) is 25.7 Å². The van der Waals surface area contributed by atoms with Crippen LogP contribution in [0.3, 0.4) is 0 Å². The molecule has 1 aliphatic carbocycles. The molecule has 1 saturated carbocycles. The fraction of sp³-hybridized carbons (Fsp3) is 0.500. The number of carbonyl (C=O) groups is 2. The lowest BCUT2D eigenvalue weighted by atomic mass is 9.80. The summed E-state index contributed by atoms with van der Waals surface area (Å²) in [7, 11) is 1.34. The summed E-state index contributed by atoms with van der Waals surface area (Å²) in [5, 5.41) is 2.81. The number of hydrogen-bond donors (Lipinski definition) is 2. The van der Waals surface area contributed by atoms with Crippen LogP contribution in [0.2, 0.25) is 0 Å². The fourth-order valence-electron chi connectivity index (χ4n) is 2.62. The number of hydrogen-bond acceptors (Lipinski definition) is 5. The molecule has 0 aromatic heterocycles. The second-order valence-electron chi connectivity index (χ2n) is 5.63. The Morgan fingerprint density at radius 2 is 1.91 bits per heavy atom. The zero-order valence-corrected chi connectivity index (χ0v) is 12.7. The molecule has 0 unspecified atom stereocenters. The van der Waals surface area contributed by atoms with Crippen LogP contribution in [0.25, 0.3) is 0 Å². The minimum Gasteiger partial charge on any atom is -0.468 e. The smallest absolute Gasteiger partial charge is 0.407 e. The van der Waals surface area contributed by atoms with E-state index in [9.17, 15) is 9.59 Å². The summed E-state index contributed by atoms with van der Waals surface area (Å²) in [4.78, 5) is 23.4. The number of rotatable bonds is 4. The molecule has 0 spiro atoms. The predicted octanol–water partition coefficient (Wildman–Crippen LogP) is 1.73. The second kappa shape index (κ2) is 7.26. The Morgan fingerprint density at radius 3 is 2.50 bits per heavy atom. The molecule has 0 heterocycles. The summed E-state index contributed by atoms with van der Waals surface area (Å²) in [5.74, 6) is -0.391. The van der Waals surface area contributed by atoms with E-state index in [0.717, 1.165) is 5.56 Å². The molecule has 0 aliphatic heterocycles. The van der Waals surface area contributed by atoms with Crippen molar-refractivity contribution >= 4 is 12.1 Å². The molecule has 0 radical (unpaired) electrons. The topological polar surface area (TPSA) is 90.6 Å². The van der Waals surface area contributed by atoms with Crippen LogP contribution in [0.4, 0.5) is 4.79 Å². The van der Waals surface area contributed by atoms with Gasteiger partial charge in [0, 0.05) is 6.04 Å². The highest BCUT2D eigenvalue weighted by Gasteiger charge is 2.39. The lowest BCUT2D eigenvalue weighted by Gasteiger charge is -2.34. The number of amides is 1. The van der Waals surface area contributed by atoms with Crippen LogP contribution in [-0.4, -0.2) is 30.8 Å². The molecule has 0 atom stereocenters. The minimum absolute atomic E-state index is 0.0235. The average molecular weight is 306 g/mol. The highest BCUT2D eigenvalue weighted by atomic mass is 16.5. The average Bonchev–Trinajstić information content (AvgIpc) is 2.55. The normalized spacial score (nSPS) is 24.4. The van der Waals surface area contributed by atoms with Gasteiger partial charge in [0.25, 0.3) is 0 Å². The molecule has 22 heavy (non-hydrogen) atoms. The van der Waals surface area contributed by atoms with E-state index >= 15 is 0 Å². The maximum atomic E-state index is 11.8. The summed E-state index contributed by atoms with van der Waals surface area (Å²) < 4.78 is 9.90. The van der Waals surface area contributed by atoms with Gasteiger partial charge in [-0.25, -0.2) is 4.79 Å². The first-order valence-electron chi connectivity index (χ1n) is 7.38. The summed E-state index contributed by atoms with van der Waals surface area (Å²) in [6, 6.07) is 9.47. The van der Waals surface area contributed by atoms with Crippen molar-refractivity contribution in [1.29, 1.82) is 0 Å². The van der Waals surface area contributed by atoms with E-state index in [1.165, 1.54) is 7.11 Å². The van der Waals surface area contributed by atoms with Crippen molar-refractivity contribution in [2.75, 3.05) is 7.11 Å². The first-order valence-corrected chi connectivity index (χ1v) is 7.38. The van der Waals surface area contributed by atoms with Crippen LogP contribution in [-0.2, 0) is 20.9 Å². The van der Waals surface area contributed by atoms with E-state index < -0.39 is 17.6 Å². The summed E-state index contributed by atoms with van der Waals surface area (Å²) in [6.07, 6.45) is 1.79. The van der Waals surface area contributed by atoms with E-state index in [1.807, 2.05) is 30.3 Å². The highest BCUT2D eigenvalue weighted by molar-refractivity contribution is 5.80. The van der Waals surface area contributed by atoms with Gasteiger partial charge < -0.3 is 20.5 Å². The van der Waals surface area contributed by atoms with Crippen LogP contribution < -0.4 is 11.1 Å². The second-order valence-corrected chi connectivity index (χ2v) is 5.63.